The van der Waals surface area contributed by atoms with E-state index in [4.69, 9.17) is 9.26 Å². The molecule has 6 nitrogen and oxygen atoms in total. The van der Waals surface area contributed by atoms with E-state index >= 15 is 0 Å². The van der Waals surface area contributed by atoms with E-state index in [2.05, 4.69) is 27.9 Å². The maximum absolute atomic E-state index is 12.3. The molecule has 3 rings (SSSR count). The van der Waals surface area contributed by atoms with Gasteiger partial charge in [-0.1, -0.05) is 35.5 Å². The Morgan fingerprint density at radius 3 is 2.63 bits per heavy atom. The summed E-state index contributed by atoms with van der Waals surface area (Å²) >= 11 is 0. The molecule has 1 aromatic heterocycles. The summed E-state index contributed by atoms with van der Waals surface area (Å²) in [6, 6.07) is 17.2. The first-order chi connectivity index (χ1) is 13.0. The highest BCUT2D eigenvalue weighted by atomic mass is 16.5. The van der Waals surface area contributed by atoms with Gasteiger partial charge >= 0.3 is 0 Å². The van der Waals surface area contributed by atoms with Crippen molar-refractivity contribution in [3.05, 3.63) is 71.5 Å². The molecule has 0 bridgehead atoms. The number of aryl methyl sites for hydroxylation is 1. The standard InChI is InChI=1S/C21H23N3O3/c1-14-11-20(24-27-14)23-21(25)15(2)22-18-9-10-19(26-3)17(13-18)12-16-7-5-4-6-8-16/h4-11,13,15,22H,12H2,1-3H3,(H,23,24,25). The van der Waals surface area contributed by atoms with Gasteiger partial charge in [0.1, 0.15) is 17.6 Å². The molecule has 0 aliphatic rings. The Balaban J connectivity index is 1.70. The van der Waals surface area contributed by atoms with E-state index in [9.17, 15) is 4.79 Å². The van der Waals surface area contributed by atoms with Gasteiger partial charge in [0.15, 0.2) is 5.82 Å². The van der Waals surface area contributed by atoms with Crippen LogP contribution in [-0.4, -0.2) is 24.2 Å². The van der Waals surface area contributed by atoms with Gasteiger partial charge in [-0.15, -0.1) is 0 Å². The van der Waals surface area contributed by atoms with E-state index in [1.165, 1.54) is 5.56 Å². The lowest BCUT2D eigenvalue weighted by atomic mass is 10.0. The Morgan fingerprint density at radius 2 is 1.96 bits per heavy atom. The highest BCUT2D eigenvalue weighted by Crippen LogP contribution is 2.25. The summed E-state index contributed by atoms with van der Waals surface area (Å²) in [5.41, 5.74) is 3.09. The van der Waals surface area contributed by atoms with Gasteiger partial charge in [0, 0.05) is 23.7 Å². The van der Waals surface area contributed by atoms with Crippen LogP contribution in [0.5, 0.6) is 5.75 Å². The molecule has 3 aromatic rings. The van der Waals surface area contributed by atoms with Crippen LogP contribution in [0.1, 0.15) is 23.8 Å². The number of aromatic nitrogens is 1. The average molecular weight is 365 g/mol. The van der Waals surface area contributed by atoms with Crippen molar-refractivity contribution in [2.75, 3.05) is 17.7 Å². The minimum absolute atomic E-state index is 0.191. The third-order valence-electron chi connectivity index (χ3n) is 4.17. The van der Waals surface area contributed by atoms with Crippen LogP contribution in [0.3, 0.4) is 0 Å². The van der Waals surface area contributed by atoms with Crippen LogP contribution < -0.4 is 15.4 Å². The van der Waals surface area contributed by atoms with Crippen molar-refractivity contribution in [3.63, 3.8) is 0 Å². The van der Waals surface area contributed by atoms with Crippen LogP contribution in [-0.2, 0) is 11.2 Å². The van der Waals surface area contributed by atoms with Gasteiger partial charge in [-0.25, -0.2) is 0 Å². The number of hydrogen-bond acceptors (Lipinski definition) is 5. The molecular formula is C21H23N3O3. The third-order valence-corrected chi connectivity index (χ3v) is 4.17. The molecule has 0 spiro atoms. The van der Waals surface area contributed by atoms with E-state index in [1.54, 1.807) is 27.0 Å². The summed E-state index contributed by atoms with van der Waals surface area (Å²) in [6.45, 7) is 3.57. The molecule has 2 aromatic carbocycles. The first kappa shape index (κ1) is 18.5. The molecule has 1 heterocycles. The molecule has 1 unspecified atom stereocenters. The van der Waals surface area contributed by atoms with Gasteiger partial charge < -0.3 is 19.9 Å². The number of hydrogen-bond donors (Lipinski definition) is 2. The third kappa shape index (κ3) is 4.88. The Bertz CT molecular complexity index is 906. The van der Waals surface area contributed by atoms with Crippen molar-refractivity contribution in [2.24, 2.45) is 0 Å². The van der Waals surface area contributed by atoms with Crippen LogP contribution in [0.25, 0.3) is 0 Å². The van der Waals surface area contributed by atoms with Crippen LogP contribution in [0.4, 0.5) is 11.5 Å². The zero-order valence-corrected chi connectivity index (χ0v) is 15.7. The molecule has 6 heteroatoms. The SMILES string of the molecule is COc1ccc(NC(C)C(=O)Nc2cc(C)on2)cc1Cc1ccccc1. The zero-order valence-electron chi connectivity index (χ0n) is 15.7. The molecule has 2 N–H and O–H groups in total. The maximum Gasteiger partial charge on any atom is 0.247 e. The summed E-state index contributed by atoms with van der Waals surface area (Å²) in [5.74, 6) is 1.68. The number of ether oxygens (including phenoxy) is 1. The number of nitrogens with one attached hydrogen (secondary N) is 2. The topological polar surface area (TPSA) is 76.4 Å². The number of carbonyl (C=O) groups excluding carboxylic acids is 1. The fourth-order valence-corrected chi connectivity index (χ4v) is 2.80. The van der Waals surface area contributed by atoms with Gasteiger partial charge in [-0.3, -0.25) is 4.79 Å². The molecular weight excluding hydrogens is 342 g/mol. The van der Waals surface area contributed by atoms with Crippen molar-refractivity contribution >= 4 is 17.4 Å². The number of methoxy groups -OCH3 is 1. The van der Waals surface area contributed by atoms with Crippen LogP contribution >= 0.6 is 0 Å². The summed E-state index contributed by atoms with van der Waals surface area (Å²) in [7, 11) is 1.66. The predicted octanol–water partition coefficient (Wildman–Crippen LogP) is 4.02. The second-order valence-electron chi connectivity index (χ2n) is 6.37. The lowest BCUT2D eigenvalue weighted by molar-refractivity contribution is -0.116. The molecule has 27 heavy (non-hydrogen) atoms. The molecule has 0 saturated carbocycles. The minimum Gasteiger partial charge on any atom is -0.496 e. The van der Waals surface area contributed by atoms with Crippen molar-refractivity contribution in [2.45, 2.75) is 26.3 Å². The maximum atomic E-state index is 12.3. The summed E-state index contributed by atoms with van der Waals surface area (Å²) < 4.78 is 10.4. The number of carbonyl (C=O) groups is 1. The second-order valence-corrected chi connectivity index (χ2v) is 6.37. The molecule has 140 valence electrons. The second kappa shape index (κ2) is 8.40. The zero-order chi connectivity index (χ0) is 19.2. The number of nitrogens with zero attached hydrogens (tertiary/aromatic N) is 1. The predicted molar refractivity (Wildman–Crippen MR) is 105 cm³/mol. The van der Waals surface area contributed by atoms with Gasteiger partial charge in [0.25, 0.3) is 0 Å². The monoisotopic (exact) mass is 365 g/mol. The van der Waals surface area contributed by atoms with E-state index in [0.29, 0.717) is 11.6 Å². The van der Waals surface area contributed by atoms with Crippen molar-refractivity contribution < 1.29 is 14.1 Å². The first-order valence-electron chi connectivity index (χ1n) is 8.76. The number of amides is 1. The first-order valence-corrected chi connectivity index (χ1v) is 8.76. The fraction of sp³-hybridized carbons (Fsp3) is 0.238. The normalized spacial score (nSPS) is 11.7. The van der Waals surface area contributed by atoms with Crippen molar-refractivity contribution in [1.82, 2.24) is 5.16 Å². The van der Waals surface area contributed by atoms with Gasteiger partial charge in [0.05, 0.1) is 7.11 Å². The molecule has 0 radical (unpaired) electrons. The van der Waals surface area contributed by atoms with E-state index in [1.807, 2.05) is 36.4 Å². The Labute approximate surface area is 158 Å². The van der Waals surface area contributed by atoms with Crippen LogP contribution in [0.2, 0.25) is 0 Å². The molecule has 0 aliphatic carbocycles. The summed E-state index contributed by atoms with van der Waals surface area (Å²) in [6.07, 6.45) is 0.748. The largest absolute Gasteiger partial charge is 0.496 e. The average Bonchev–Trinajstić information content (AvgIpc) is 3.07. The molecule has 0 aliphatic heterocycles. The highest BCUT2D eigenvalue weighted by molar-refractivity contribution is 5.95. The summed E-state index contributed by atoms with van der Waals surface area (Å²) in [4.78, 5) is 12.3. The van der Waals surface area contributed by atoms with E-state index < -0.39 is 6.04 Å². The van der Waals surface area contributed by atoms with Crippen molar-refractivity contribution in [3.8, 4) is 5.75 Å². The molecule has 1 amide bonds. The number of rotatable bonds is 7. The van der Waals surface area contributed by atoms with E-state index in [0.717, 1.165) is 23.4 Å². The van der Waals surface area contributed by atoms with Gasteiger partial charge in [0.2, 0.25) is 5.91 Å². The number of anilines is 2. The molecule has 0 fully saturated rings. The Kier molecular flexibility index (Phi) is 5.76. The van der Waals surface area contributed by atoms with E-state index in [-0.39, 0.29) is 5.91 Å². The number of benzene rings is 2. The fourth-order valence-electron chi connectivity index (χ4n) is 2.80. The minimum atomic E-state index is -0.444. The van der Waals surface area contributed by atoms with Gasteiger partial charge in [-0.05, 0) is 37.6 Å². The Hall–Kier alpha value is -3.28. The quantitative estimate of drug-likeness (QED) is 0.661. The highest BCUT2D eigenvalue weighted by Gasteiger charge is 2.15. The van der Waals surface area contributed by atoms with Crippen LogP contribution in [0, 0.1) is 6.92 Å². The lowest BCUT2D eigenvalue weighted by Crippen LogP contribution is -2.32. The van der Waals surface area contributed by atoms with Crippen molar-refractivity contribution in [1.29, 1.82) is 0 Å². The molecule has 1 atom stereocenters. The smallest absolute Gasteiger partial charge is 0.247 e. The van der Waals surface area contributed by atoms with Gasteiger partial charge in [-0.2, -0.15) is 0 Å². The molecule has 0 saturated heterocycles. The Morgan fingerprint density at radius 1 is 1.19 bits per heavy atom. The lowest BCUT2D eigenvalue weighted by Gasteiger charge is -2.16. The summed E-state index contributed by atoms with van der Waals surface area (Å²) in [5, 5.41) is 9.73. The van der Waals surface area contributed by atoms with Crippen LogP contribution in [0.15, 0.2) is 59.1 Å².